The first-order valence-corrected chi connectivity index (χ1v) is 14.1. The number of aromatic nitrogens is 1. The summed E-state index contributed by atoms with van der Waals surface area (Å²) in [6.45, 7) is 10.7. The second kappa shape index (κ2) is 12.5. The second-order valence-electron chi connectivity index (χ2n) is 10.9. The van der Waals surface area contributed by atoms with Crippen LogP contribution in [0.1, 0.15) is 41.9 Å². The molecule has 1 amide bonds. The summed E-state index contributed by atoms with van der Waals surface area (Å²) in [4.78, 5) is 19.1. The Morgan fingerprint density at radius 2 is 1.54 bits per heavy atom. The van der Waals surface area contributed by atoms with Crippen molar-refractivity contribution in [2.45, 2.75) is 45.8 Å². The summed E-state index contributed by atoms with van der Waals surface area (Å²) in [5.41, 5.74) is 6.25. The van der Waals surface area contributed by atoms with Crippen LogP contribution >= 0.6 is 0 Å². The molecule has 0 radical (unpaired) electrons. The Kier molecular flexibility index (Phi) is 8.60. The van der Waals surface area contributed by atoms with Crippen LogP contribution in [0.15, 0.2) is 97.1 Å². The van der Waals surface area contributed by atoms with Gasteiger partial charge in [-0.3, -0.25) is 9.69 Å². The average Bonchev–Trinajstić information content (AvgIpc) is 3.31. The number of benzene rings is 3. The normalized spacial score (nSPS) is 16.1. The minimum absolute atomic E-state index is 0.126. The van der Waals surface area contributed by atoms with Crippen molar-refractivity contribution in [3.05, 3.63) is 114 Å². The van der Waals surface area contributed by atoms with Gasteiger partial charge in [-0.1, -0.05) is 92.7 Å². The summed E-state index contributed by atoms with van der Waals surface area (Å²) in [5, 5.41) is 3.57. The SMILES string of the molecule is Cc1cc(C(=O)N2CCN(Cc3ccccc3)CC2CCNC(C)C)c(-c2ccccc2)n1-c1ccccc1. The maximum Gasteiger partial charge on any atom is 0.256 e. The fourth-order valence-electron chi connectivity index (χ4n) is 5.70. The van der Waals surface area contributed by atoms with E-state index in [1.54, 1.807) is 0 Å². The summed E-state index contributed by atoms with van der Waals surface area (Å²) < 4.78 is 2.23. The van der Waals surface area contributed by atoms with Crippen molar-refractivity contribution < 1.29 is 4.79 Å². The van der Waals surface area contributed by atoms with E-state index in [4.69, 9.17) is 0 Å². The Balaban J connectivity index is 1.47. The first kappa shape index (κ1) is 26.9. The Bertz CT molecular complexity index is 1350. The van der Waals surface area contributed by atoms with Gasteiger partial charge in [0.15, 0.2) is 0 Å². The van der Waals surface area contributed by atoms with Gasteiger partial charge >= 0.3 is 0 Å². The van der Waals surface area contributed by atoms with E-state index in [0.29, 0.717) is 6.04 Å². The van der Waals surface area contributed by atoms with E-state index < -0.39 is 0 Å². The molecule has 1 unspecified atom stereocenters. The molecule has 1 fully saturated rings. The zero-order valence-corrected chi connectivity index (χ0v) is 23.4. The minimum Gasteiger partial charge on any atom is -0.333 e. The minimum atomic E-state index is 0.126. The van der Waals surface area contributed by atoms with Crippen molar-refractivity contribution >= 4 is 5.91 Å². The van der Waals surface area contributed by atoms with Crippen LogP contribution in [0.4, 0.5) is 0 Å². The topological polar surface area (TPSA) is 40.5 Å². The van der Waals surface area contributed by atoms with Gasteiger partial charge in [-0.25, -0.2) is 0 Å². The van der Waals surface area contributed by atoms with Gasteiger partial charge in [0.25, 0.3) is 5.91 Å². The monoisotopic (exact) mass is 520 g/mol. The fraction of sp³-hybridized carbons (Fsp3) is 0.324. The summed E-state index contributed by atoms with van der Waals surface area (Å²) in [6, 6.07) is 34.0. The summed E-state index contributed by atoms with van der Waals surface area (Å²) in [6.07, 6.45) is 0.925. The van der Waals surface area contributed by atoms with E-state index in [1.807, 2.05) is 24.3 Å². The molecule has 39 heavy (non-hydrogen) atoms. The number of carbonyl (C=O) groups excluding carboxylic acids is 1. The number of rotatable bonds is 9. The Labute approximate surface area is 233 Å². The number of piperazine rings is 1. The summed E-state index contributed by atoms with van der Waals surface area (Å²) in [7, 11) is 0. The molecule has 0 spiro atoms. The molecule has 0 aliphatic carbocycles. The summed E-state index contributed by atoms with van der Waals surface area (Å²) in [5.74, 6) is 0.126. The highest BCUT2D eigenvalue weighted by molar-refractivity contribution is 6.01. The molecule has 1 aliphatic rings. The molecule has 1 aromatic heterocycles. The van der Waals surface area contributed by atoms with Gasteiger partial charge in [0.05, 0.1) is 11.3 Å². The van der Waals surface area contributed by atoms with E-state index in [-0.39, 0.29) is 11.9 Å². The number of para-hydroxylation sites is 1. The lowest BCUT2D eigenvalue weighted by atomic mass is 10.0. The highest BCUT2D eigenvalue weighted by Crippen LogP contribution is 2.32. The molecule has 5 nitrogen and oxygen atoms in total. The number of hydrogen-bond donors (Lipinski definition) is 1. The van der Waals surface area contributed by atoms with Gasteiger partial charge < -0.3 is 14.8 Å². The maximum absolute atomic E-state index is 14.4. The zero-order valence-electron chi connectivity index (χ0n) is 23.4. The second-order valence-corrected chi connectivity index (χ2v) is 10.9. The van der Waals surface area contributed by atoms with Crippen molar-refractivity contribution in [3.63, 3.8) is 0 Å². The molecule has 4 aromatic rings. The lowest BCUT2D eigenvalue weighted by Crippen LogP contribution is -2.55. The van der Waals surface area contributed by atoms with Gasteiger partial charge in [0.1, 0.15) is 0 Å². The van der Waals surface area contributed by atoms with Crippen molar-refractivity contribution in [2.75, 3.05) is 26.2 Å². The van der Waals surface area contributed by atoms with Crippen molar-refractivity contribution in [3.8, 4) is 16.9 Å². The van der Waals surface area contributed by atoms with Crippen LogP contribution in [0, 0.1) is 6.92 Å². The molecule has 2 heterocycles. The lowest BCUT2D eigenvalue weighted by molar-refractivity contribution is 0.0420. The van der Waals surface area contributed by atoms with Crippen LogP contribution in [0.25, 0.3) is 16.9 Å². The molecule has 5 rings (SSSR count). The molecule has 1 N–H and O–H groups in total. The van der Waals surface area contributed by atoms with E-state index >= 15 is 0 Å². The van der Waals surface area contributed by atoms with E-state index in [0.717, 1.165) is 67.3 Å². The van der Waals surface area contributed by atoms with Gasteiger partial charge in [0, 0.05) is 49.6 Å². The lowest BCUT2D eigenvalue weighted by Gasteiger charge is -2.42. The summed E-state index contributed by atoms with van der Waals surface area (Å²) >= 11 is 0. The van der Waals surface area contributed by atoms with Crippen LogP contribution in [0.2, 0.25) is 0 Å². The Morgan fingerprint density at radius 3 is 2.21 bits per heavy atom. The van der Waals surface area contributed by atoms with Crippen LogP contribution < -0.4 is 5.32 Å². The van der Waals surface area contributed by atoms with Crippen LogP contribution in [0.5, 0.6) is 0 Å². The molecular formula is C34H40N4O. The average molecular weight is 521 g/mol. The molecule has 3 aromatic carbocycles. The molecule has 0 bridgehead atoms. The predicted octanol–water partition coefficient (Wildman–Crippen LogP) is 6.17. The largest absolute Gasteiger partial charge is 0.333 e. The number of nitrogens with one attached hydrogen (secondary N) is 1. The van der Waals surface area contributed by atoms with Gasteiger partial charge in [-0.15, -0.1) is 0 Å². The van der Waals surface area contributed by atoms with Crippen LogP contribution in [-0.4, -0.2) is 58.5 Å². The molecule has 1 saturated heterocycles. The Morgan fingerprint density at radius 1 is 0.897 bits per heavy atom. The van der Waals surface area contributed by atoms with Crippen molar-refractivity contribution in [2.24, 2.45) is 0 Å². The van der Waals surface area contributed by atoms with Crippen LogP contribution in [-0.2, 0) is 6.54 Å². The zero-order chi connectivity index (χ0) is 27.2. The number of nitrogens with zero attached hydrogens (tertiary/aromatic N) is 3. The van der Waals surface area contributed by atoms with Crippen LogP contribution in [0.3, 0.4) is 0 Å². The molecule has 0 saturated carbocycles. The van der Waals surface area contributed by atoms with Crippen molar-refractivity contribution in [1.29, 1.82) is 0 Å². The van der Waals surface area contributed by atoms with E-state index in [2.05, 4.69) is 113 Å². The molecule has 5 heteroatoms. The first-order valence-electron chi connectivity index (χ1n) is 14.1. The molecular weight excluding hydrogens is 480 g/mol. The van der Waals surface area contributed by atoms with Gasteiger partial charge in [-0.2, -0.15) is 0 Å². The number of hydrogen-bond acceptors (Lipinski definition) is 3. The quantitative estimate of drug-likeness (QED) is 0.287. The highest BCUT2D eigenvalue weighted by Gasteiger charge is 2.33. The Hall–Kier alpha value is -3.67. The van der Waals surface area contributed by atoms with Crippen molar-refractivity contribution in [1.82, 2.24) is 19.7 Å². The first-order chi connectivity index (χ1) is 19.0. The van der Waals surface area contributed by atoms with E-state index in [9.17, 15) is 4.79 Å². The predicted molar refractivity (Wildman–Crippen MR) is 160 cm³/mol. The molecule has 1 atom stereocenters. The fourth-order valence-corrected chi connectivity index (χ4v) is 5.70. The van der Waals surface area contributed by atoms with E-state index in [1.165, 1.54) is 5.56 Å². The molecule has 1 aliphatic heterocycles. The number of amides is 1. The molecule has 202 valence electrons. The van der Waals surface area contributed by atoms with Gasteiger partial charge in [-0.05, 0) is 49.2 Å². The number of carbonyl (C=O) groups is 1. The highest BCUT2D eigenvalue weighted by atomic mass is 16.2. The smallest absolute Gasteiger partial charge is 0.256 e. The number of aryl methyl sites for hydroxylation is 1. The third kappa shape index (κ3) is 6.32. The van der Waals surface area contributed by atoms with Gasteiger partial charge in [0.2, 0.25) is 0 Å². The third-order valence-corrected chi connectivity index (χ3v) is 7.58. The maximum atomic E-state index is 14.4. The third-order valence-electron chi connectivity index (χ3n) is 7.58. The standard InChI is InChI=1S/C34H40N4O/c1-26(2)35-20-19-31-25-36(24-28-13-7-4-8-14-28)21-22-37(31)34(39)32-23-27(3)38(30-17-11-6-12-18-30)33(32)29-15-9-5-10-16-29/h4-18,23,26,31,35H,19-22,24-25H2,1-3H3.